The summed E-state index contributed by atoms with van der Waals surface area (Å²) in [4.78, 5) is 48.8. The van der Waals surface area contributed by atoms with E-state index in [2.05, 4.69) is 9.99 Å². The topological polar surface area (TPSA) is 128 Å². The average molecular weight is 346 g/mol. The van der Waals surface area contributed by atoms with Crippen molar-refractivity contribution in [2.45, 2.75) is 6.92 Å². The molecule has 1 aliphatic heterocycles. The molecule has 0 spiro atoms. The first-order valence-electron chi connectivity index (χ1n) is 5.52. The number of carbonyl (C=O) groups is 3. The van der Waals surface area contributed by atoms with Crippen LogP contribution in [0, 0.1) is 10.1 Å². The Kier molecular flexibility index (Phi) is 4.11. The van der Waals surface area contributed by atoms with E-state index in [1.165, 1.54) is 0 Å². The van der Waals surface area contributed by atoms with Gasteiger partial charge < -0.3 is 10.2 Å². The predicted molar refractivity (Wildman–Crippen MR) is 75.1 cm³/mol. The number of carbonyl (C=O) groups excluding carboxylic acids is 3. The molecule has 0 unspecified atom stereocenters. The largest absolute Gasteiger partial charge is 0.332 e. The van der Waals surface area contributed by atoms with Crippen LogP contribution < -0.4 is 5.32 Å². The SMILES string of the molecule is CC(=O)ON=C1C(=O)C(=O)Nc2c1c(Cl)cc(Cl)c2[N+](=O)[O-]. The van der Waals surface area contributed by atoms with Gasteiger partial charge in [-0.1, -0.05) is 28.4 Å². The summed E-state index contributed by atoms with van der Waals surface area (Å²) in [5, 5.41) is 15.9. The number of amides is 1. The lowest BCUT2D eigenvalue weighted by molar-refractivity contribution is -0.383. The van der Waals surface area contributed by atoms with E-state index in [0.29, 0.717) is 0 Å². The van der Waals surface area contributed by atoms with Gasteiger partial charge in [0.25, 0.3) is 11.7 Å². The lowest BCUT2D eigenvalue weighted by Crippen LogP contribution is -2.37. The fourth-order valence-corrected chi connectivity index (χ4v) is 2.35. The number of anilines is 1. The predicted octanol–water partition coefficient (Wildman–Crippen LogP) is 1.69. The van der Waals surface area contributed by atoms with E-state index in [-0.39, 0.29) is 15.6 Å². The molecule has 0 saturated heterocycles. The third kappa shape index (κ3) is 2.63. The minimum Gasteiger partial charge on any atom is -0.318 e. The number of hydrogen-bond donors (Lipinski definition) is 1. The van der Waals surface area contributed by atoms with E-state index in [9.17, 15) is 24.5 Å². The van der Waals surface area contributed by atoms with E-state index in [1.54, 1.807) is 0 Å². The number of nitro groups is 1. The number of ketones is 1. The molecule has 1 amide bonds. The molecule has 114 valence electrons. The van der Waals surface area contributed by atoms with Crippen LogP contribution >= 0.6 is 23.2 Å². The van der Waals surface area contributed by atoms with Crippen LogP contribution in [0.2, 0.25) is 10.0 Å². The lowest BCUT2D eigenvalue weighted by atomic mass is 9.98. The van der Waals surface area contributed by atoms with Crippen LogP contribution in [0.25, 0.3) is 0 Å². The van der Waals surface area contributed by atoms with Gasteiger partial charge >= 0.3 is 11.7 Å². The van der Waals surface area contributed by atoms with Gasteiger partial charge in [0, 0.05) is 6.92 Å². The molecule has 1 N–H and O–H groups in total. The number of nitro benzene ring substituents is 1. The van der Waals surface area contributed by atoms with Gasteiger partial charge in [-0.05, 0) is 6.07 Å². The molecule has 0 saturated carbocycles. The standard InChI is InChI=1S/C11H5Cl2N3O6/c1-3(17)22-15-8-6-4(12)2-5(13)9(16(20)21)7(6)14-11(19)10(8)18/h2H,1H3,(H,14,19). The number of Topliss-reactive ketones (excluding diaryl/α,β-unsaturated/α-hetero) is 1. The van der Waals surface area contributed by atoms with Crippen LogP contribution in [0.4, 0.5) is 11.4 Å². The molecule has 0 aliphatic carbocycles. The molecule has 1 aromatic carbocycles. The van der Waals surface area contributed by atoms with Crippen molar-refractivity contribution in [2.75, 3.05) is 5.32 Å². The highest BCUT2D eigenvalue weighted by Gasteiger charge is 2.39. The highest BCUT2D eigenvalue weighted by molar-refractivity contribution is 6.73. The Morgan fingerprint density at radius 2 is 2.00 bits per heavy atom. The summed E-state index contributed by atoms with van der Waals surface area (Å²) in [5.41, 5.74) is -1.92. The Labute approximate surface area is 132 Å². The molecule has 0 aromatic heterocycles. The van der Waals surface area contributed by atoms with Crippen molar-refractivity contribution < 1.29 is 24.1 Å². The second kappa shape index (κ2) is 5.70. The molecule has 9 nitrogen and oxygen atoms in total. The van der Waals surface area contributed by atoms with Crippen molar-refractivity contribution in [1.29, 1.82) is 0 Å². The van der Waals surface area contributed by atoms with Gasteiger partial charge in [-0.2, -0.15) is 0 Å². The van der Waals surface area contributed by atoms with Crippen molar-refractivity contribution in [3.63, 3.8) is 0 Å². The second-order valence-electron chi connectivity index (χ2n) is 4.00. The molecular formula is C11H5Cl2N3O6. The number of nitrogens with one attached hydrogen (secondary N) is 1. The summed E-state index contributed by atoms with van der Waals surface area (Å²) in [5.74, 6) is -3.21. The molecular weight excluding hydrogens is 341 g/mol. The number of fused-ring (bicyclic) bond motifs is 1. The first-order valence-corrected chi connectivity index (χ1v) is 6.27. The number of halogens is 2. The van der Waals surface area contributed by atoms with Crippen molar-refractivity contribution in [1.82, 2.24) is 0 Å². The van der Waals surface area contributed by atoms with Crippen LogP contribution in [0.3, 0.4) is 0 Å². The smallest absolute Gasteiger partial charge is 0.318 e. The number of nitrogens with zero attached hydrogens (tertiary/aromatic N) is 2. The zero-order valence-electron chi connectivity index (χ0n) is 10.7. The Hall–Kier alpha value is -2.52. The van der Waals surface area contributed by atoms with Crippen molar-refractivity contribution in [2.24, 2.45) is 5.16 Å². The number of hydrogen-bond acceptors (Lipinski definition) is 7. The average Bonchev–Trinajstić information content (AvgIpc) is 2.39. The Morgan fingerprint density at radius 3 is 2.55 bits per heavy atom. The van der Waals surface area contributed by atoms with Gasteiger partial charge in [-0.25, -0.2) is 4.79 Å². The summed E-state index contributed by atoms with van der Waals surface area (Å²) in [7, 11) is 0. The van der Waals surface area contributed by atoms with Crippen molar-refractivity contribution in [3.05, 3.63) is 31.8 Å². The van der Waals surface area contributed by atoms with Crippen molar-refractivity contribution in [3.8, 4) is 0 Å². The van der Waals surface area contributed by atoms with Gasteiger partial charge in [0.2, 0.25) is 0 Å². The lowest BCUT2D eigenvalue weighted by Gasteiger charge is -2.18. The number of rotatable bonds is 2. The molecule has 1 aromatic rings. The molecule has 0 atom stereocenters. The number of benzene rings is 1. The molecule has 22 heavy (non-hydrogen) atoms. The van der Waals surface area contributed by atoms with Gasteiger partial charge in [-0.15, -0.1) is 0 Å². The summed E-state index contributed by atoms with van der Waals surface area (Å²) in [6.45, 7) is 1.02. The third-order valence-corrected chi connectivity index (χ3v) is 3.14. The normalized spacial score (nSPS) is 15.3. The molecule has 1 aliphatic rings. The summed E-state index contributed by atoms with van der Waals surface area (Å²) in [6.07, 6.45) is 0. The van der Waals surface area contributed by atoms with Crippen LogP contribution in [0.1, 0.15) is 12.5 Å². The second-order valence-corrected chi connectivity index (χ2v) is 4.82. The minimum atomic E-state index is -1.19. The van der Waals surface area contributed by atoms with E-state index >= 15 is 0 Å². The summed E-state index contributed by atoms with van der Waals surface area (Å²) >= 11 is 11.6. The highest BCUT2D eigenvalue weighted by Crippen LogP contribution is 2.41. The van der Waals surface area contributed by atoms with Gasteiger partial charge in [-0.3, -0.25) is 19.7 Å². The minimum absolute atomic E-state index is 0.176. The van der Waals surface area contributed by atoms with Crippen molar-refractivity contribution >= 4 is 57.9 Å². The molecule has 0 radical (unpaired) electrons. The van der Waals surface area contributed by atoms with E-state index in [4.69, 9.17) is 23.2 Å². The van der Waals surface area contributed by atoms with E-state index in [0.717, 1.165) is 13.0 Å². The molecule has 2 rings (SSSR count). The molecule has 11 heteroatoms. The Morgan fingerprint density at radius 1 is 1.36 bits per heavy atom. The third-order valence-electron chi connectivity index (χ3n) is 2.55. The van der Waals surface area contributed by atoms with E-state index < -0.39 is 39.7 Å². The van der Waals surface area contributed by atoms with Gasteiger partial charge in [0.05, 0.1) is 15.5 Å². The fraction of sp³-hybridized carbons (Fsp3) is 0.0909. The molecule has 0 fully saturated rings. The quantitative estimate of drug-likeness (QED) is 0.376. The monoisotopic (exact) mass is 345 g/mol. The van der Waals surface area contributed by atoms with Crippen LogP contribution in [0.5, 0.6) is 0 Å². The maximum atomic E-state index is 11.8. The number of oxime groups is 1. The van der Waals surface area contributed by atoms with E-state index in [1.807, 2.05) is 5.32 Å². The summed E-state index contributed by atoms with van der Waals surface area (Å²) < 4.78 is 0. The Balaban J connectivity index is 2.79. The van der Waals surface area contributed by atoms with Gasteiger partial charge in [0.1, 0.15) is 10.7 Å². The van der Waals surface area contributed by atoms with Crippen LogP contribution in [-0.2, 0) is 19.2 Å². The fourth-order valence-electron chi connectivity index (χ4n) is 1.73. The molecule has 0 bridgehead atoms. The van der Waals surface area contributed by atoms with Crippen LogP contribution in [0.15, 0.2) is 11.2 Å². The van der Waals surface area contributed by atoms with Crippen LogP contribution in [-0.4, -0.2) is 28.3 Å². The maximum absolute atomic E-state index is 11.8. The summed E-state index contributed by atoms with van der Waals surface area (Å²) in [6, 6.07) is 1.02. The first-order chi connectivity index (χ1) is 10.2. The Bertz CT molecular complexity index is 774. The molecule has 1 heterocycles. The zero-order valence-corrected chi connectivity index (χ0v) is 12.2. The maximum Gasteiger partial charge on any atom is 0.332 e. The van der Waals surface area contributed by atoms with Gasteiger partial charge in [0.15, 0.2) is 5.71 Å². The highest BCUT2D eigenvalue weighted by atomic mass is 35.5. The first kappa shape index (κ1) is 15.9. The zero-order chi connectivity index (χ0) is 16.6.